The smallest absolute Gasteiger partial charge is 0.251 e. The van der Waals surface area contributed by atoms with E-state index in [1.165, 1.54) is 0 Å². The number of halogens is 1. The van der Waals surface area contributed by atoms with E-state index >= 15 is 0 Å². The van der Waals surface area contributed by atoms with Crippen LogP contribution in [-0.2, 0) is 6.42 Å². The average Bonchev–Trinajstić information content (AvgIpc) is 3.24. The lowest BCUT2D eigenvalue weighted by Gasteiger charge is -2.05. The standard InChI is InChI=1S/C20H17BrN4OS/c1-13-4-2-3-5-17(13)18-23-20-25(24-18)16(12-27-20)10-11-22-19(26)14-6-8-15(21)9-7-14/h2-9,12H,10-11H2,1H3,(H,22,26). The number of nitrogens with one attached hydrogen (secondary N) is 1. The molecule has 0 saturated carbocycles. The number of rotatable bonds is 5. The molecule has 0 unspecified atom stereocenters. The molecule has 0 aliphatic carbocycles. The van der Waals surface area contributed by atoms with E-state index in [1.54, 1.807) is 23.5 Å². The third-order valence-corrected chi connectivity index (χ3v) is 5.70. The molecule has 0 fully saturated rings. The lowest BCUT2D eigenvalue weighted by atomic mass is 10.1. The molecule has 0 radical (unpaired) electrons. The minimum atomic E-state index is -0.0758. The summed E-state index contributed by atoms with van der Waals surface area (Å²) in [6, 6.07) is 15.4. The van der Waals surface area contributed by atoms with E-state index < -0.39 is 0 Å². The molecule has 5 nitrogen and oxygen atoms in total. The summed E-state index contributed by atoms with van der Waals surface area (Å²) in [5.74, 6) is 0.660. The van der Waals surface area contributed by atoms with Gasteiger partial charge in [-0.25, -0.2) is 4.52 Å². The van der Waals surface area contributed by atoms with E-state index in [-0.39, 0.29) is 5.91 Å². The van der Waals surface area contributed by atoms with Crippen LogP contribution in [0.1, 0.15) is 21.6 Å². The van der Waals surface area contributed by atoms with Gasteiger partial charge in [-0.1, -0.05) is 40.2 Å². The Labute approximate surface area is 169 Å². The fourth-order valence-electron chi connectivity index (χ4n) is 2.84. The number of aryl methyl sites for hydroxylation is 1. The van der Waals surface area contributed by atoms with Crippen molar-refractivity contribution >= 4 is 38.1 Å². The Kier molecular flexibility index (Phi) is 5.05. The number of amides is 1. The third kappa shape index (κ3) is 3.79. The lowest BCUT2D eigenvalue weighted by Crippen LogP contribution is -2.25. The zero-order chi connectivity index (χ0) is 18.8. The van der Waals surface area contributed by atoms with Gasteiger partial charge in [-0.05, 0) is 36.8 Å². The SMILES string of the molecule is Cc1ccccc1-c1nc2scc(CCNC(=O)c3ccc(Br)cc3)n2n1. The van der Waals surface area contributed by atoms with E-state index in [0.29, 0.717) is 18.5 Å². The van der Waals surface area contributed by atoms with Gasteiger partial charge in [0, 0.05) is 33.9 Å². The van der Waals surface area contributed by atoms with Crippen LogP contribution < -0.4 is 5.32 Å². The van der Waals surface area contributed by atoms with E-state index in [2.05, 4.69) is 44.3 Å². The molecule has 0 saturated heterocycles. The summed E-state index contributed by atoms with van der Waals surface area (Å²) in [5.41, 5.74) is 3.89. The Morgan fingerprint density at radius 1 is 1.19 bits per heavy atom. The minimum Gasteiger partial charge on any atom is -0.352 e. The van der Waals surface area contributed by atoms with E-state index in [1.807, 2.05) is 40.2 Å². The molecule has 0 aliphatic heterocycles. The monoisotopic (exact) mass is 440 g/mol. The maximum atomic E-state index is 12.2. The first kappa shape index (κ1) is 17.9. The molecule has 7 heteroatoms. The van der Waals surface area contributed by atoms with Gasteiger partial charge in [-0.3, -0.25) is 4.79 Å². The van der Waals surface area contributed by atoms with Crippen LogP contribution in [0.15, 0.2) is 58.4 Å². The number of thiazole rings is 1. The Hall–Kier alpha value is -2.51. The molecule has 2 aromatic heterocycles. The summed E-state index contributed by atoms with van der Waals surface area (Å²) in [7, 11) is 0. The largest absolute Gasteiger partial charge is 0.352 e. The number of nitrogens with zero attached hydrogens (tertiary/aromatic N) is 3. The molecule has 0 bridgehead atoms. The molecule has 0 aliphatic rings. The molecule has 1 N–H and O–H groups in total. The van der Waals surface area contributed by atoms with Crippen LogP contribution in [0.5, 0.6) is 0 Å². The number of carbonyl (C=O) groups excluding carboxylic acids is 1. The van der Waals surface area contributed by atoms with Crippen molar-refractivity contribution in [1.29, 1.82) is 0 Å². The van der Waals surface area contributed by atoms with Gasteiger partial charge in [0.15, 0.2) is 5.82 Å². The maximum Gasteiger partial charge on any atom is 0.251 e. The summed E-state index contributed by atoms with van der Waals surface area (Å²) < 4.78 is 2.83. The van der Waals surface area contributed by atoms with Gasteiger partial charge in [-0.15, -0.1) is 16.4 Å². The number of benzene rings is 2. The highest BCUT2D eigenvalue weighted by Gasteiger charge is 2.13. The molecular weight excluding hydrogens is 424 g/mol. The van der Waals surface area contributed by atoms with Gasteiger partial charge in [0.05, 0.1) is 5.69 Å². The van der Waals surface area contributed by atoms with Crippen molar-refractivity contribution in [3.8, 4) is 11.4 Å². The van der Waals surface area contributed by atoms with Crippen molar-refractivity contribution in [2.24, 2.45) is 0 Å². The lowest BCUT2D eigenvalue weighted by molar-refractivity contribution is 0.0954. The zero-order valence-corrected chi connectivity index (χ0v) is 17.0. The van der Waals surface area contributed by atoms with E-state index in [9.17, 15) is 4.79 Å². The second-order valence-electron chi connectivity index (χ2n) is 6.18. The highest BCUT2D eigenvalue weighted by Crippen LogP contribution is 2.23. The Morgan fingerprint density at radius 2 is 1.96 bits per heavy atom. The first-order valence-electron chi connectivity index (χ1n) is 8.55. The number of hydrogen-bond acceptors (Lipinski definition) is 4. The molecule has 27 heavy (non-hydrogen) atoms. The van der Waals surface area contributed by atoms with Crippen LogP contribution in [0.2, 0.25) is 0 Å². The molecule has 0 spiro atoms. The molecular formula is C20H17BrN4OS. The topological polar surface area (TPSA) is 59.3 Å². The molecule has 2 heterocycles. The van der Waals surface area contributed by atoms with Gasteiger partial charge in [0.25, 0.3) is 5.91 Å². The molecule has 136 valence electrons. The fourth-order valence-corrected chi connectivity index (χ4v) is 3.96. The van der Waals surface area contributed by atoms with Crippen molar-refractivity contribution in [2.75, 3.05) is 6.54 Å². The number of hydrogen-bond donors (Lipinski definition) is 1. The van der Waals surface area contributed by atoms with Gasteiger partial charge in [0.1, 0.15) is 0 Å². The van der Waals surface area contributed by atoms with E-state index in [0.717, 1.165) is 32.1 Å². The molecule has 1 amide bonds. The van der Waals surface area contributed by atoms with Crippen molar-refractivity contribution < 1.29 is 4.79 Å². The van der Waals surface area contributed by atoms with Gasteiger partial charge in [-0.2, -0.15) is 4.98 Å². The Morgan fingerprint density at radius 3 is 2.74 bits per heavy atom. The summed E-state index contributed by atoms with van der Waals surface area (Å²) in [5, 5.41) is 9.67. The summed E-state index contributed by atoms with van der Waals surface area (Å²) in [4.78, 5) is 17.7. The summed E-state index contributed by atoms with van der Waals surface area (Å²) >= 11 is 4.94. The van der Waals surface area contributed by atoms with Crippen molar-refractivity contribution in [3.05, 3.63) is 75.2 Å². The van der Waals surface area contributed by atoms with Gasteiger partial charge >= 0.3 is 0 Å². The summed E-state index contributed by atoms with van der Waals surface area (Å²) in [6.07, 6.45) is 0.693. The van der Waals surface area contributed by atoms with E-state index in [4.69, 9.17) is 0 Å². The molecule has 4 rings (SSSR count). The van der Waals surface area contributed by atoms with Gasteiger partial charge in [0.2, 0.25) is 4.96 Å². The molecule has 2 aromatic carbocycles. The van der Waals surface area contributed by atoms with Crippen molar-refractivity contribution in [1.82, 2.24) is 19.9 Å². The predicted octanol–water partition coefficient (Wildman–Crippen LogP) is 4.50. The number of aromatic nitrogens is 3. The first-order valence-corrected chi connectivity index (χ1v) is 10.2. The third-order valence-electron chi connectivity index (χ3n) is 4.31. The van der Waals surface area contributed by atoms with Crippen LogP contribution in [0, 0.1) is 6.92 Å². The average molecular weight is 441 g/mol. The molecule has 0 atom stereocenters. The highest BCUT2D eigenvalue weighted by molar-refractivity contribution is 9.10. The number of fused-ring (bicyclic) bond motifs is 1. The second-order valence-corrected chi connectivity index (χ2v) is 7.94. The first-order chi connectivity index (χ1) is 13.1. The minimum absolute atomic E-state index is 0.0758. The second kappa shape index (κ2) is 7.62. The Bertz CT molecular complexity index is 1100. The van der Waals surface area contributed by atoms with Crippen LogP contribution in [0.25, 0.3) is 16.3 Å². The summed E-state index contributed by atoms with van der Waals surface area (Å²) in [6.45, 7) is 2.60. The van der Waals surface area contributed by atoms with Gasteiger partial charge < -0.3 is 5.32 Å². The van der Waals surface area contributed by atoms with Crippen LogP contribution in [-0.4, -0.2) is 27.0 Å². The zero-order valence-electron chi connectivity index (χ0n) is 14.6. The quantitative estimate of drug-likeness (QED) is 0.496. The Balaban J connectivity index is 1.46. The maximum absolute atomic E-state index is 12.2. The fraction of sp³-hybridized carbons (Fsp3) is 0.150. The van der Waals surface area contributed by atoms with Crippen LogP contribution in [0.3, 0.4) is 0 Å². The van der Waals surface area contributed by atoms with Crippen molar-refractivity contribution in [3.63, 3.8) is 0 Å². The van der Waals surface area contributed by atoms with Crippen LogP contribution >= 0.6 is 27.3 Å². The van der Waals surface area contributed by atoms with Crippen LogP contribution in [0.4, 0.5) is 0 Å². The highest BCUT2D eigenvalue weighted by atomic mass is 79.9. The normalized spacial score (nSPS) is 11.0. The number of carbonyl (C=O) groups is 1. The predicted molar refractivity (Wildman–Crippen MR) is 111 cm³/mol. The van der Waals surface area contributed by atoms with Crippen molar-refractivity contribution in [2.45, 2.75) is 13.3 Å². The molecule has 4 aromatic rings.